The van der Waals surface area contributed by atoms with Crippen LogP contribution < -0.4 is 10.5 Å². The van der Waals surface area contributed by atoms with Gasteiger partial charge in [-0.25, -0.2) is 4.39 Å². The zero-order chi connectivity index (χ0) is 15.4. The van der Waals surface area contributed by atoms with Crippen LogP contribution in [0.4, 0.5) is 4.39 Å². The van der Waals surface area contributed by atoms with Crippen LogP contribution in [0.2, 0.25) is 0 Å². The molecule has 1 aromatic heterocycles. The average molecular weight is 288 g/mol. The van der Waals surface area contributed by atoms with E-state index in [4.69, 9.17) is 10.5 Å². The molecule has 0 unspecified atom stereocenters. The normalized spacial score (nSPS) is 10.7. The van der Waals surface area contributed by atoms with Gasteiger partial charge >= 0.3 is 0 Å². The van der Waals surface area contributed by atoms with Gasteiger partial charge in [-0.2, -0.15) is 0 Å². The van der Waals surface area contributed by atoms with Crippen LogP contribution in [0.1, 0.15) is 24.2 Å². The number of ether oxygens (including phenoxy) is 1. The summed E-state index contributed by atoms with van der Waals surface area (Å²) in [5.74, 6) is -0.327. The maximum Gasteiger partial charge on any atom is 0.250 e. The van der Waals surface area contributed by atoms with Crippen LogP contribution in [0.3, 0.4) is 0 Å². The van der Waals surface area contributed by atoms with Crippen LogP contribution in [0.15, 0.2) is 36.5 Å². The number of benzene rings is 1. The van der Waals surface area contributed by atoms with Crippen LogP contribution in [0.25, 0.3) is 11.3 Å². The summed E-state index contributed by atoms with van der Waals surface area (Å²) in [6, 6.07) is 7.43. The molecule has 0 aliphatic heterocycles. The number of halogens is 1. The second-order valence-electron chi connectivity index (χ2n) is 5.14. The molecule has 110 valence electrons. The zero-order valence-electron chi connectivity index (χ0n) is 12.0. The van der Waals surface area contributed by atoms with E-state index >= 15 is 0 Å². The Morgan fingerprint density at radius 3 is 2.81 bits per heavy atom. The predicted molar refractivity (Wildman–Crippen MR) is 78.5 cm³/mol. The lowest BCUT2D eigenvalue weighted by Crippen LogP contribution is -2.13. The summed E-state index contributed by atoms with van der Waals surface area (Å²) in [5, 5.41) is 0. The van der Waals surface area contributed by atoms with E-state index in [0.717, 1.165) is 0 Å². The van der Waals surface area contributed by atoms with E-state index < -0.39 is 11.7 Å². The number of pyridine rings is 1. The lowest BCUT2D eigenvalue weighted by molar-refractivity contribution is 0.100. The first-order valence-corrected chi connectivity index (χ1v) is 6.66. The summed E-state index contributed by atoms with van der Waals surface area (Å²) in [5.41, 5.74) is 6.38. The number of nitrogens with zero attached hydrogens (tertiary/aromatic N) is 1. The van der Waals surface area contributed by atoms with Crippen molar-refractivity contribution in [3.8, 4) is 17.0 Å². The number of primary amides is 1. The second kappa shape index (κ2) is 6.35. The summed E-state index contributed by atoms with van der Waals surface area (Å²) in [7, 11) is 0. The second-order valence-corrected chi connectivity index (χ2v) is 5.14. The molecule has 0 atom stereocenters. The molecule has 21 heavy (non-hydrogen) atoms. The van der Waals surface area contributed by atoms with Crippen molar-refractivity contribution < 1.29 is 13.9 Å². The summed E-state index contributed by atoms with van der Waals surface area (Å²) in [4.78, 5) is 15.6. The molecule has 0 aliphatic carbocycles. The number of hydrogen-bond acceptors (Lipinski definition) is 3. The Hall–Kier alpha value is -2.43. The van der Waals surface area contributed by atoms with Crippen molar-refractivity contribution in [2.45, 2.75) is 13.8 Å². The van der Waals surface area contributed by atoms with Crippen molar-refractivity contribution >= 4 is 5.91 Å². The minimum absolute atomic E-state index is 0.248. The molecule has 1 amide bonds. The van der Waals surface area contributed by atoms with Gasteiger partial charge < -0.3 is 10.5 Å². The third kappa shape index (κ3) is 3.78. The monoisotopic (exact) mass is 288 g/mol. The van der Waals surface area contributed by atoms with E-state index in [1.165, 1.54) is 18.3 Å². The van der Waals surface area contributed by atoms with Gasteiger partial charge in [0, 0.05) is 17.8 Å². The molecule has 4 nitrogen and oxygen atoms in total. The minimum Gasteiger partial charge on any atom is -0.493 e. The van der Waals surface area contributed by atoms with Crippen molar-refractivity contribution in [1.29, 1.82) is 0 Å². The third-order valence-corrected chi connectivity index (χ3v) is 2.80. The first kappa shape index (κ1) is 15.0. The first-order chi connectivity index (χ1) is 9.97. The molecule has 2 rings (SSSR count). The van der Waals surface area contributed by atoms with Crippen LogP contribution in [-0.4, -0.2) is 17.5 Å². The molecule has 5 heteroatoms. The topological polar surface area (TPSA) is 65.2 Å². The Kier molecular flexibility index (Phi) is 4.52. The Morgan fingerprint density at radius 1 is 1.38 bits per heavy atom. The molecule has 0 saturated heterocycles. The van der Waals surface area contributed by atoms with E-state index in [0.29, 0.717) is 29.5 Å². The van der Waals surface area contributed by atoms with Gasteiger partial charge in [-0.1, -0.05) is 13.8 Å². The number of amides is 1. The zero-order valence-corrected chi connectivity index (χ0v) is 12.0. The SMILES string of the molecule is CC(C)COc1cc(F)cc(-c2ncccc2C(N)=O)c1. The van der Waals surface area contributed by atoms with E-state index in [9.17, 15) is 9.18 Å². The van der Waals surface area contributed by atoms with Gasteiger partial charge in [0.05, 0.1) is 17.9 Å². The molecule has 1 heterocycles. The van der Waals surface area contributed by atoms with E-state index in [2.05, 4.69) is 4.98 Å². The van der Waals surface area contributed by atoms with Crippen molar-refractivity contribution in [2.24, 2.45) is 11.7 Å². The highest BCUT2D eigenvalue weighted by Gasteiger charge is 2.13. The Morgan fingerprint density at radius 2 is 2.14 bits per heavy atom. The highest BCUT2D eigenvalue weighted by atomic mass is 19.1. The number of aromatic nitrogens is 1. The van der Waals surface area contributed by atoms with E-state index in [-0.39, 0.29) is 5.56 Å². The van der Waals surface area contributed by atoms with E-state index in [1.807, 2.05) is 13.8 Å². The quantitative estimate of drug-likeness (QED) is 0.919. The smallest absolute Gasteiger partial charge is 0.250 e. The Balaban J connectivity index is 2.42. The predicted octanol–water partition coefficient (Wildman–Crippen LogP) is 3.02. The number of nitrogens with two attached hydrogens (primary N) is 1. The largest absolute Gasteiger partial charge is 0.493 e. The molecular weight excluding hydrogens is 271 g/mol. The fraction of sp³-hybridized carbons (Fsp3) is 0.250. The highest BCUT2D eigenvalue weighted by molar-refractivity contribution is 5.98. The van der Waals surface area contributed by atoms with Gasteiger partial charge in [-0.15, -0.1) is 0 Å². The van der Waals surface area contributed by atoms with Crippen molar-refractivity contribution in [1.82, 2.24) is 4.98 Å². The van der Waals surface area contributed by atoms with Crippen molar-refractivity contribution in [3.63, 3.8) is 0 Å². The van der Waals surface area contributed by atoms with Crippen LogP contribution >= 0.6 is 0 Å². The molecular formula is C16H17FN2O2. The fourth-order valence-electron chi connectivity index (χ4n) is 1.88. The molecule has 1 aromatic carbocycles. The molecule has 0 radical (unpaired) electrons. The molecule has 2 aromatic rings. The van der Waals surface area contributed by atoms with Crippen LogP contribution in [0, 0.1) is 11.7 Å². The Bertz CT molecular complexity index is 656. The number of carbonyl (C=O) groups excluding carboxylic acids is 1. The summed E-state index contributed by atoms with van der Waals surface area (Å²) in [6.45, 7) is 4.49. The van der Waals surface area contributed by atoms with Crippen molar-refractivity contribution in [2.75, 3.05) is 6.61 Å². The minimum atomic E-state index is -0.605. The van der Waals surface area contributed by atoms with Crippen LogP contribution in [0.5, 0.6) is 5.75 Å². The summed E-state index contributed by atoms with van der Waals surface area (Å²) in [6.07, 6.45) is 1.53. The van der Waals surface area contributed by atoms with Gasteiger partial charge in [0.25, 0.3) is 5.91 Å². The molecule has 0 spiro atoms. The van der Waals surface area contributed by atoms with E-state index in [1.54, 1.807) is 18.2 Å². The van der Waals surface area contributed by atoms with Gasteiger partial charge in [0.1, 0.15) is 11.6 Å². The van der Waals surface area contributed by atoms with Gasteiger partial charge in [0.15, 0.2) is 0 Å². The van der Waals surface area contributed by atoms with Gasteiger partial charge in [-0.3, -0.25) is 9.78 Å². The number of hydrogen-bond donors (Lipinski definition) is 1. The Labute approximate surface area is 122 Å². The third-order valence-electron chi connectivity index (χ3n) is 2.80. The molecule has 0 aliphatic rings. The fourth-order valence-corrected chi connectivity index (χ4v) is 1.88. The van der Waals surface area contributed by atoms with Gasteiger partial charge in [0.2, 0.25) is 0 Å². The standard InChI is InChI=1S/C16H17FN2O2/c1-10(2)9-21-13-7-11(6-12(17)8-13)15-14(16(18)20)4-3-5-19-15/h3-8,10H,9H2,1-2H3,(H2,18,20). The summed E-state index contributed by atoms with van der Waals surface area (Å²) < 4.78 is 19.3. The maximum absolute atomic E-state index is 13.7. The molecule has 2 N–H and O–H groups in total. The van der Waals surface area contributed by atoms with Crippen LogP contribution in [-0.2, 0) is 0 Å². The number of carbonyl (C=O) groups is 1. The molecule has 0 saturated carbocycles. The first-order valence-electron chi connectivity index (χ1n) is 6.66. The molecule has 0 fully saturated rings. The maximum atomic E-state index is 13.7. The van der Waals surface area contributed by atoms with Gasteiger partial charge in [-0.05, 0) is 30.2 Å². The van der Waals surface area contributed by atoms with Crippen molar-refractivity contribution in [3.05, 3.63) is 47.9 Å². The lowest BCUT2D eigenvalue weighted by Gasteiger charge is -2.11. The highest BCUT2D eigenvalue weighted by Crippen LogP contribution is 2.26. The average Bonchev–Trinajstić information content (AvgIpc) is 2.44. The summed E-state index contributed by atoms with van der Waals surface area (Å²) >= 11 is 0. The number of rotatable bonds is 5. The molecule has 0 bridgehead atoms. The lowest BCUT2D eigenvalue weighted by atomic mass is 10.0.